The first-order valence-corrected chi connectivity index (χ1v) is 6.96. The summed E-state index contributed by atoms with van der Waals surface area (Å²) in [6.45, 7) is 4.83. The van der Waals surface area contributed by atoms with Crippen molar-refractivity contribution in [1.82, 2.24) is 10.2 Å². The van der Waals surface area contributed by atoms with E-state index in [4.69, 9.17) is 0 Å². The first kappa shape index (κ1) is 14.9. The maximum atomic E-state index is 12.7. The van der Waals surface area contributed by atoms with Crippen molar-refractivity contribution in [2.45, 2.75) is 38.0 Å². The van der Waals surface area contributed by atoms with Crippen molar-refractivity contribution in [3.8, 4) is 0 Å². The summed E-state index contributed by atoms with van der Waals surface area (Å²) in [7, 11) is -4.73. The Balaban J connectivity index is 2.60. The number of amides is 2. The van der Waals surface area contributed by atoms with Crippen molar-refractivity contribution in [3.63, 3.8) is 0 Å². The molecule has 0 bridgehead atoms. The number of halogens is 1. The molecule has 0 aromatic heterocycles. The van der Waals surface area contributed by atoms with Crippen LogP contribution in [0.15, 0.2) is 0 Å². The van der Waals surface area contributed by atoms with Gasteiger partial charge in [0, 0.05) is 18.5 Å². The Morgan fingerprint density at radius 3 is 2.44 bits per heavy atom. The fourth-order valence-corrected chi connectivity index (χ4v) is 2.41. The normalized spacial score (nSPS) is 21.2. The summed E-state index contributed by atoms with van der Waals surface area (Å²) in [5.41, 5.74) is -0.439. The summed E-state index contributed by atoms with van der Waals surface area (Å²) >= 11 is 0. The second-order valence-corrected chi connectivity index (χ2v) is 6.99. The summed E-state index contributed by atoms with van der Waals surface area (Å²) in [6.07, 6.45) is -0.401. The number of rotatable bonds is 3. The molecule has 2 amide bonds. The van der Waals surface area contributed by atoms with Gasteiger partial charge in [-0.3, -0.25) is 9.59 Å². The zero-order chi connectivity index (χ0) is 14.1. The monoisotopic (exact) mass is 280 g/mol. The lowest BCUT2D eigenvalue weighted by Gasteiger charge is -2.23. The van der Waals surface area contributed by atoms with Gasteiger partial charge in [-0.25, -0.2) is 0 Å². The maximum absolute atomic E-state index is 12.7. The highest BCUT2D eigenvalue weighted by Crippen LogP contribution is 2.19. The predicted molar refractivity (Wildman–Crippen MR) is 62.9 cm³/mol. The van der Waals surface area contributed by atoms with E-state index in [9.17, 15) is 21.9 Å². The lowest BCUT2D eigenvalue weighted by atomic mass is 10.1. The van der Waals surface area contributed by atoms with Crippen molar-refractivity contribution in [1.29, 1.82) is 0 Å². The summed E-state index contributed by atoms with van der Waals surface area (Å²) in [5.74, 6) is -0.918. The average Bonchev–Trinajstić information content (AvgIpc) is 2.43. The van der Waals surface area contributed by atoms with Crippen LogP contribution in [0.5, 0.6) is 0 Å². The minimum Gasteiger partial charge on any atom is -0.350 e. The fraction of sp³-hybridized carbons (Fsp3) is 0.800. The summed E-state index contributed by atoms with van der Waals surface area (Å²) in [6, 6.07) is 0. The maximum Gasteiger partial charge on any atom is 0.307 e. The van der Waals surface area contributed by atoms with Crippen LogP contribution in [0.1, 0.15) is 27.2 Å². The Morgan fingerprint density at radius 2 is 2.06 bits per heavy atom. The van der Waals surface area contributed by atoms with E-state index in [1.807, 2.05) is 0 Å². The molecule has 1 atom stereocenters. The van der Waals surface area contributed by atoms with Crippen LogP contribution in [0, 0.1) is 0 Å². The third-order valence-corrected chi connectivity index (χ3v) is 3.54. The van der Waals surface area contributed by atoms with E-state index in [1.165, 1.54) is 0 Å². The highest BCUT2D eigenvalue weighted by molar-refractivity contribution is 7.87. The van der Waals surface area contributed by atoms with Gasteiger partial charge in [0.1, 0.15) is 5.25 Å². The van der Waals surface area contributed by atoms with Crippen molar-refractivity contribution >= 4 is 22.0 Å². The first-order valence-electron chi connectivity index (χ1n) is 5.51. The zero-order valence-electron chi connectivity index (χ0n) is 10.6. The molecule has 6 nitrogen and oxygen atoms in total. The van der Waals surface area contributed by atoms with Crippen LogP contribution in [-0.4, -0.2) is 49.0 Å². The van der Waals surface area contributed by atoms with E-state index < -0.39 is 39.2 Å². The minimum absolute atomic E-state index is 0.248. The molecule has 1 N–H and O–H groups in total. The van der Waals surface area contributed by atoms with Gasteiger partial charge < -0.3 is 10.2 Å². The van der Waals surface area contributed by atoms with Gasteiger partial charge in [-0.1, -0.05) is 0 Å². The van der Waals surface area contributed by atoms with Crippen molar-refractivity contribution < 1.29 is 21.9 Å². The third-order valence-electron chi connectivity index (χ3n) is 2.43. The molecule has 0 saturated carbocycles. The molecular weight excluding hydrogens is 263 g/mol. The van der Waals surface area contributed by atoms with Gasteiger partial charge in [0.15, 0.2) is 0 Å². The molecule has 1 aliphatic rings. The molecule has 1 fully saturated rings. The molecule has 1 saturated heterocycles. The highest BCUT2D eigenvalue weighted by Gasteiger charge is 2.39. The van der Waals surface area contributed by atoms with Gasteiger partial charge in [0.05, 0.1) is 6.54 Å². The highest BCUT2D eigenvalue weighted by atomic mass is 32.3. The Hall–Kier alpha value is -1.18. The Bertz CT molecular complexity index is 455. The molecule has 0 aromatic carbocycles. The second-order valence-electron chi connectivity index (χ2n) is 5.37. The van der Waals surface area contributed by atoms with Gasteiger partial charge in [0.2, 0.25) is 11.8 Å². The fourth-order valence-electron chi connectivity index (χ4n) is 1.71. The lowest BCUT2D eigenvalue weighted by molar-refractivity contribution is -0.133. The molecule has 0 radical (unpaired) electrons. The zero-order valence-corrected chi connectivity index (χ0v) is 11.4. The first-order chi connectivity index (χ1) is 7.99. The van der Waals surface area contributed by atoms with Crippen LogP contribution in [-0.2, 0) is 19.8 Å². The number of likely N-dealkylation sites (tertiary alicyclic amines) is 1. The molecular formula is C10H17FN2O4S. The number of carbonyl (C=O) groups is 2. The van der Waals surface area contributed by atoms with Gasteiger partial charge in [-0.15, -0.1) is 3.89 Å². The minimum atomic E-state index is -4.73. The number of carbonyl (C=O) groups excluding carboxylic acids is 2. The van der Waals surface area contributed by atoms with Gasteiger partial charge >= 0.3 is 10.2 Å². The molecule has 1 rings (SSSR count). The number of hydrogen-bond donors (Lipinski definition) is 1. The van der Waals surface area contributed by atoms with Crippen LogP contribution < -0.4 is 5.32 Å². The Morgan fingerprint density at radius 1 is 1.50 bits per heavy atom. The van der Waals surface area contributed by atoms with Crippen LogP contribution >= 0.6 is 0 Å². The van der Waals surface area contributed by atoms with Crippen LogP contribution in [0.3, 0.4) is 0 Å². The van der Waals surface area contributed by atoms with Crippen LogP contribution in [0.2, 0.25) is 0 Å². The number of nitrogens with zero attached hydrogens (tertiary/aromatic N) is 1. The summed E-state index contributed by atoms with van der Waals surface area (Å²) in [5, 5.41) is 1.29. The molecule has 1 unspecified atom stereocenters. The smallest absolute Gasteiger partial charge is 0.307 e. The number of nitrogens with one attached hydrogen (secondary N) is 1. The van der Waals surface area contributed by atoms with E-state index in [0.717, 1.165) is 4.90 Å². The van der Waals surface area contributed by atoms with Crippen molar-refractivity contribution in [2.75, 3.05) is 13.1 Å². The van der Waals surface area contributed by atoms with E-state index in [2.05, 4.69) is 5.32 Å². The Labute approximate surface area is 106 Å². The van der Waals surface area contributed by atoms with Crippen LogP contribution in [0.4, 0.5) is 3.89 Å². The predicted octanol–water partition coefficient (Wildman–Crippen LogP) is -0.199. The summed E-state index contributed by atoms with van der Waals surface area (Å²) in [4.78, 5) is 24.1. The SMILES string of the molecule is CC(C)(C)NC(=O)CN1CC(S(=O)(=O)F)CC1=O. The number of hydrogen-bond acceptors (Lipinski definition) is 4. The molecule has 1 aliphatic heterocycles. The van der Waals surface area contributed by atoms with E-state index in [-0.39, 0.29) is 13.1 Å². The molecule has 8 heteroatoms. The van der Waals surface area contributed by atoms with Crippen LogP contribution in [0.25, 0.3) is 0 Å². The molecule has 1 heterocycles. The second kappa shape index (κ2) is 4.83. The molecule has 0 spiro atoms. The van der Waals surface area contributed by atoms with E-state index in [0.29, 0.717) is 0 Å². The molecule has 0 aromatic rings. The lowest BCUT2D eigenvalue weighted by Crippen LogP contribution is -2.46. The standard InChI is InChI=1S/C10H17FN2O4S/c1-10(2,3)12-8(14)6-13-5-7(4-9(13)15)18(11,16)17/h7H,4-6H2,1-3H3,(H,12,14). The molecule has 0 aliphatic carbocycles. The van der Waals surface area contributed by atoms with Crippen molar-refractivity contribution in [2.24, 2.45) is 0 Å². The molecule has 18 heavy (non-hydrogen) atoms. The largest absolute Gasteiger partial charge is 0.350 e. The van der Waals surface area contributed by atoms with Gasteiger partial charge in [-0.2, -0.15) is 8.42 Å². The Kier molecular flexibility index (Phi) is 3.99. The topological polar surface area (TPSA) is 83.6 Å². The van der Waals surface area contributed by atoms with E-state index in [1.54, 1.807) is 20.8 Å². The summed E-state index contributed by atoms with van der Waals surface area (Å²) < 4.78 is 34.1. The van der Waals surface area contributed by atoms with Gasteiger partial charge in [-0.05, 0) is 20.8 Å². The third kappa shape index (κ3) is 4.25. The average molecular weight is 280 g/mol. The van der Waals surface area contributed by atoms with Gasteiger partial charge in [0.25, 0.3) is 0 Å². The molecule has 104 valence electrons. The van der Waals surface area contributed by atoms with E-state index >= 15 is 0 Å². The quantitative estimate of drug-likeness (QED) is 0.726. The van der Waals surface area contributed by atoms with Crippen molar-refractivity contribution in [3.05, 3.63) is 0 Å².